The topological polar surface area (TPSA) is 0 Å². The number of benzene rings is 11. The molecule has 0 amide bonds. The Morgan fingerprint density at radius 3 is 1.13 bits per heavy atom. The van der Waals surface area contributed by atoms with Crippen LogP contribution < -0.4 is 0 Å². The van der Waals surface area contributed by atoms with E-state index >= 15 is 0 Å². The molecule has 0 nitrogen and oxygen atoms in total. The lowest BCUT2D eigenvalue weighted by Crippen LogP contribution is -1.92. The molecule has 0 aliphatic heterocycles. The molecule has 0 aliphatic rings. The molecule has 0 saturated carbocycles. The summed E-state index contributed by atoms with van der Waals surface area (Å²) in [5, 5.41) is 17.8. The third-order valence-corrected chi connectivity index (χ3v) is 11.2. The summed E-state index contributed by atoms with van der Waals surface area (Å²) in [6.07, 6.45) is 0. The summed E-state index contributed by atoms with van der Waals surface area (Å²) in [7, 11) is 0. The molecular formula is C52H32. The normalized spacial score (nSPS) is 11.8. The van der Waals surface area contributed by atoms with Crippen molar-refractivity contribution in [1.82, 2.24) is 0 Å². The highest BCUT2D eigenvalue weighted by atomic mass is 14.2. The van der Waals surface area contributed by atoms with E-state index in [1.807, 2.05) is 0 Å². The van der Waals surface area contributed by atoms with Gasteiger partial charge in [0.15, 0.2) is 0 Å². The Hall–Kier alpha value is -6.76. The van der Waals surface area contributed by atoms with Crippen molar-refractivity contribution in [3.05, 3.63) is 194 Å². The lowest BCUT2D eigenvalue weighted by molar-refractivity contribution is 1.68. The molecule has 0 aromatic heterocycles. The van der Waals surface area contributed by atoms with Crippen molar-refractivity contribution in [2.45, 2.75) is 0 Å². The van der Waals surface area contributed by atoms with Crippen LogP contribution in [0.25, 0.3) is 109 Å². The van der Waals surface area contributed by atoms with Crippen LogP contribution in [0.1, 0.15) is 0 Å². The standard InChI is InChI=1S/C52H32/c1-3-15-39-34(13-1)31-49(43-19-7-5-17-41(39)43)36-27-25-33-26-28-37(30-38(33)29-36)51-45-21-9-11-23-47(45)52(48-24-12-10-22-46(48)51)50-32-35-14-2-4-16-40(35)42-18-6-8-20-44(42)50/h1-32H. The number of fused-ring (bicyclic) bond motifs is 9. The van der Waals surface area contributed by atoms with Crippen molar-refractivity contribution in [2.24, 2.45) is 0 Å². The molecule has 0 atom stereocenters. The van der Waals surface area contributed by atoms with Crippen molar-refractivity contribution >= 4 is 75.4 Å². The van der Waals surface area contributed by atoms with Gasteiger partial charge in [0.25, 0.3) is 0 Å². The summed E-state index contributed by atoms with van der Waals surface area (Å²) in [5.41, 5.74) is 7.59. The monoisotopic (exact) mass is 656 g/mol. The van der Waals surface area contributed by atoms with Gasteiger partial charge in [0.2, 0.25) is 0 Å². The maximum Gasteiger partial charge on any atom is -0.00199 e. The van der Waals surface area contributed by atoms with E-state index in [1.165, 1.54) is 109 Å². The first-order valence-electron chi connectivity index (χ1n) is 18.1. The molecule has 11 aromatic carbocycles. The highest BCUT2D eigenvalue weighted by Gasteiger charge is 2.19. The molecule has 0 N–H and O–H groups in total. The second kappa shape index (κ2) is 11.4. The lowest BCUT2D eigenvalue weighted by Gasteiger charge is -2.20. The Labute approximate surface area is 301 Å². The molecule has 240 valence electrons. The van der Waals surface area contributed by atoms with Crippen molar-refractivity contribution in [1.29, 1.82) is 0 Å². The van der Waals surface area contributed by atoms with Crippen molar-refractivity contribution in [3.63, 3.8) is 0 Å². The van der Waals surface area contributed by atoms with E-state index in [0.29, 0.717) is 0 Å². The second-order valence-corrected chi connectivity index (χ2v) is 14.0. The maximum absolute atomic E-state index is 2.40. The predicted octanol–water partition coefficient (Wildman–Crippen LogP) is 14.8. The van der Waals surface area contributed by atoms with Gasteiger partial charge in [-0.2, -0.15) is 0 Å². The van der Waals surface area contributed by atoms with Gasteiger partial charge in [-0.25, -0.2) is 0 Å². The first-order chi connectivity index (χ1) is 25.8. The average Bonchev–Trinajstić information content (AvgIpc) is 3.22. The van der Waals surface area contributed by atoms with Gasteiger partial charge in [0, 0.05) is 0 Å². The molecule has 11 aromatic rings. The fourth-order valence-electron chi connectivity index (χ4n) is 8.85. The summed E-state index contributed by atoms with van der Waals surface area (Å²) >= 11 is 0. The predicted molar refractivity (Wildman–Crippen MR) is 225 cm³/mol. The van der Waals surface area contributed by atoms with Gasteiger partial charge in [-0.15, -0.1) is 0 Å². The Balaban J connectivity index is 1.17. The molecule has 0 heteroatoms. The number of rotatable bonds is 3. The van der Waals surface area contributed by atoms with Crippen LogP contribution in [0.4, 0.5) is 0 Å². The van der Waals surface area contributed by atoms with Crippen molar-refractivity contribution in [3.8, 4) is 33.4 Å². The highest BCUT2D eigenvalue weighted by Crippen LogP contribution is 2.47. The van der Waals surface area contributed by atoms with E-state index in [1.54, 1.807) is 0 Å². The summed E-state index contributed by atoms with van der Waals surface area (Å²) < 4.78 is 0. The van der Waals surface area contributed by atoms with E-state index in [4.69, 9.17) is 0 Å². The van der Waals surface area contributed by atoms with Crippen LogP contribution >= 0.6 is 0 Å². The first kappa shape index (κ1) is 29.0. The van der Waals surface area contributed by atoms with E-state index in [9.17, 15) is 0 Å². The summed E-state index contributed by atoms with van der Waals surface area (Å²) in [6, 6.07) is 71.9. The quantitative estimate of drug-likeness (QED) is 0.131. The zero-order valence-corrected chi connectivity index (χ0v) is 28.5. The number of hydrogen-bond acceptors (Lipinski definition) is 0. The molecule has 52 heavy (non-hydrogen) atoms. The Kier molecular flexibility index (Phi) is 6.35. The number of hydrogen-bond donors (Lipinski definition) is 0. The molecule has 0 bridgehead atoms. The molecule has 0 saturated heterocycles. The van der Waals surface area contributed by atoms with Crippen LogP contribution in [0.15, 0.2) is 194 Å². The smallest absolute Gasteiger partial charge is 0.00199 e. The van der Waals surface area contributed by atoms with Gasteiger partial charge in [-0.3, -0.25) is 0 Å². The van der Waals surface area contributed by atoms with Gasteiger partial charge in [-0.1, -0.05) is 170 Å². The second-order valence-electron chi connectivity index (χ2n) is 14.0. The Morgan fingerprint density at radius 2 is 0.577 bits per heavy atom. The van der Waals surface area contributed by atoms with Crippen molar-refractivity contribution < 1.29 is 0 Å². The minimum Gasteiger partial charge on any atom is -0.0616 e. The van der Waals surface area contributed by atoms with E-state index in [2.05, 4.69) is 194 Å². The van der Waals surface area contributed by atoms with Crippen LogP contribution in [0, 0.1) is 0 Å². The third kappa shape index (κ3) is 4.35. The molecule has 0 heterocycles. The fraction of sp³-hybridized carbons (Fsp3) is 0. The molecule has 0 radical (unpaired) electrons. The van der Waals surface area contributed by atoms with Crippen LogP contribution in [0.2, 0.25) is 0 Å². The Morgan fingerprint density at radius 1 is 0.192 bits per heavy atom. The van der Waals surface area contributed by atoms with Crippen LogP contribution in [0.3, 0.4) is 0 Å². The first-order valence-corrected chi connectivity index (χ1v) is 18.1. The van der Waals surface area contributed by atoms with Crippen LogP contribution in [-0.4, -0.2) is 0 Å². The summed E-state index contributed by atoms with van der Waals surface area (Å²) in [4.78, 5) is 0. The zero-order valence-electron chi connectivity index (χ0n) is 28.5. The third-order valence-electron chi connectivity index (χ3n) is 11.2. The van der Waals surface area contributed by atoms with E-state index in [0.717, 1.165) is 0 Å². The molecule has 11 rings (SSSR count). The van der Waals surface area contributed by atoms with Gasteiger partial charge < -0.3 is 0 Å². The lowest BCUT2D eigenvalue weighted by atomic mass is 9.83. The van der Waals surface area contributed by atoms with E-state index in [-0.39, 0.29) is 0 Å². The minimum absolute atomic E-state index is 1.23. The van der Waals surface area contributed by atoms with Crippen LogP contribution in [-0.2, 0) is 0 Å². The summed E-state index contributed by atoms with van der Waals surface area (Å²) in [6.45, 7) is 0. The molecule has 0 unspecified atom stereocenters. The SMILES string of the molecule is c1ccc2c(c1)cc(-c1ccc3ccc(-c4c5ccccc5c(-c5cc6ccccc6c6ccccc56)c5ccccc45)cc3c1)c1ccccc12. The molecule has 0 fully saturated rings. The van der Waals surface area contributed by atoms with Crippen LogP contribution in [0.5, 0.6) is 0 Å². The fourth-order valence-corrected chi connectivity index (χ4v) is 8.85. The largest absolute Gasteiger partial charge is 0.0616 e. The molecule has 0 aliphatic carbocycles. The van der Waals surface area contributed by atoms with Gasteiger partial charge in [0.1, 0.15) is 0 Å². The van der Waals surface area contributed by atoms with Gasteiger partial charge in [0.05, 0.1) is 0 Å². The summed E-state index contributed by atoms with van der Waals surface area (Å²) in [5.74, 6) is 0. The van der Waals surface area contributed by atoms with E-state index < -0.39 is 0 Å². The minimum atomic E-state index is 1.23. The maximum atomic E-state index is 2.40. The Bertz CT molecular complexity index is 3180. The highest BCUT2D eigenvalue weighted by molar-refractivity contribution is 6.26. The zero-order chi connectivity index (χ0) is 34.2. The average molecular weight is 657 g/mol. The molecular weight excluding hydrogens is 625 g/mol. The van der Waals surface area contributed by atoms with Crippen molar-refractivity contribution in [2.75, 3.05) is 0 Å². The molecule has 0 spiro atoms. The van der Waals surface area contributed by atoms with Gasteiger partial charge in [-0.05, 0) is 133 Å². The van der Waals surface area contributed by atoms with Gasteiger partial charge >= 0.3 is 0 Å².